The van der Waals surface area contributed by atoms with E-state index in [0.29, 0.717) is 35.6 Å². The minimum Gasteiger partial charge on any atom is -0.383 e. The molecule has 9 nitrogen and oxygen atoms in total. The summed E-state index contributed by atoms with van der Waals surface area (Å²) >= 11 is 0. The van der Waals surface area contributed by atoms with Crippen LogP contribution in [0.25, 0.3) is 16.9 Å². The summed E-state index contributed by atoms with van der Waals surface area (Å²) < 4.78 is 17.6. The molecule has 10 heteroatoms. The summed E-state index contributed by atoms with van der Waals surface area (Å²) in [5, 5.41) is 17.5. The molecule has 0 spiro atoms. The molecule has 0 bridgehead atoms. The van der Waals surface area contributed by atoms with E-state index in [2.05, 4.69) is 37.7 Å². The van der Waals surface area contributed by atoms with Crippen molar-refractivity contribution in [2.75, 3.05) is 11.9 Å². The van der Waals surface area contributed by atoms with Gasteiger partial charge in [-0.15, -0.1) is 0 Å². The molecule has 35 heavy (non-hydrogen) atoms. The monoisotopic (exact) mass is 475 g/mol. The zero-order valence-electron chi connectivity index (χ0n) is 19.5. The van der Waals surface area contributed by atoms with Gasteiger partial charge in [0.15, 0.2) is 11.5 Å². The Morgan fingerprint density at radius 3 is 2.77 bits per heavy atom. The van der Waals surface area contributed by atoms with Crippen LogP contribution in [0.2, 0.25) is 0 Å². The predicted octanol–water partition coefficient (Wildman–Crippen LogP) is 3.07. The van der Waals surface area contributed by atoms with Gasteiger partial charge in [-0.05, 0) is 75.0 Å². The summed E-state index contributed by atoms with van der Waals surface area (Å²) in [6.07, 6.45) is 3.36. The highest BCUT2D eigenvalue weighted by Gasteiger charge is 2.46. The van der Waals surface area contributed by atoms with Crippen LogP contribution in [-0.2, 0) is 18.6 Å². The van der Waals surface area contributed by atoms with Crippen LogP contribution in [0.15, 0.2) is 41.3 Å². The van der Waals surface area contributed by atoms with E-state index in [9.17, 15) is 14.3 Å². The summed E-state index contributed by atoms with van der Waals surface area (Å²) in [6.45, 7) is 5.55. The van der Waals surface area contributed by atoms with Crippen LogP contribution in [-0.4, -0.2) is 36.0 Å². The van der Waals surface area contributed by atoms with Gasteiger partial charge in [-0.1, -0.05) is 6.07 Å². The van der Waals surface area contributed by atoms with Crippen LogP contribution in [0.3, 0.4) is 0 Å². The Morgan fingerprint density at radius 2 is 2.00 bits per heavy atom. The topological polar surface area (TPSA) is 110 Å². The summed E-state index contributed by atoms with van der Waals surface area (Å²) in [6, 6.07) is 8.71. The SMILES string of the molecule is CC(C)n1c(=O)c2cnc(Nc3ccc4c(c3)CCNC4)nc2n1-c1ccc(F)c(C2(O)CC2)n1. The average Bonchev–Trinajstić information content (AvgIpc) is 3.53. The van der Waals surface area contributed by atoms with Crippen molar-refractivity contribution in [2.45, 2.75) is 51.3 Å². The number of nitrogens with zero attached hydrogens (tertiary/aromatic N) is 5. The van der Waals surface area contributed by atoms with E-state index in [4.69, 9.17) is 0 Å². The molecule has 1 aliphatic heterocycles. The lowest BCUT2D eigenvalue weighted by molar-refractivity contribution is 0.141. The van der Waals surface area contributed by atoms with Gasteiger partial charge in [0.25, 0.3) is 5.56 Å². The lowest BCUT2D eigenvalue weighted by Crippen LogP contribution is -2.25. The van der Waals surface area contributed by atoms with E-state index >= 15 is 0 Å². The number of aliphatic hydroxyl groups is 1. The van der Waals surface area contributed by atoms with Crippen molar-refractivity contribution >= 4 is 22.7 Å². The van der Waals surface area contributed by atoms with Crippen molar-refractivity contribution in [3.8, 4) is 5.82 Å². The van der Waals surface area contributed by atoms with Gasteiger partial charge in [0.2, 0.25) is 5.95 Å². The average molecular weight is 476 g/mol. The molecule has 1 fully saturated rings. The molecule has 1 saturated carbocycles. The highest BCUT2D eigenvalue weighted by atomic mass is 19.1. The predicted molar refractivity (Wildman–Crippen MR) is 130 cm³/mol. The molecular weight excluding hydrogens is 449 g/mol. The van der Waals surface area contributed by atoms with Gasteiger partial charge in [-0.3, -0.25) is 4.79 Å². The number of fused-ring (bicyclic) bond motifs is 2. The van der Waals surface area contributed by atoms with Gasteiger partial charge >= 0.3 is 0 Å². The molecule has 0 atom stereocenters. The fourth-order valence-electron chi connectivity index (χ4n) is 4.66. The molecule has 2 aliphatic rings. The molecular formula is C25H26FN7O2. The quantitative estimate of drug-likeness (QED) is 0.407. The first kappa shape index (κ1) is 21.9. The van der Waals surface area contributed by atoms with Gasteiger partial charge in [-0.2, -0.15) is 4.98 Å². The van der Waals surface area contributed by atoms with Crippen molar-refractivity contribution in [3.63, 3.8) is 0 Å². The van der Waals surface area contributed by atoms with E-state index in [1.54, 1.807) is 4.68 Å². The highest BCUT2D eigenvalue weighted by molar-refractivity contribution is 5.77. The number of hydrogen-bond acceptors (Lipinski definition) is 7. The maximum absolute atomic E-state index is 14.5. The number of benzene rings is 1. The Hall–Kier alpha value is -3.63. The van der Waals surface area contributed by atoms with E-state index in [1.807, 2.05) is 19.9 Å². The summed E-state index contributed by atoms with van der Waals surface area (Å²) in [4.78, 5) is 26.7. The number of hydrogen-bond donors (Lipinski definition) is 3. The molecule has 6 rings (SSSR count). The van der Waals surface area contributed by atoms with Gasteiger partial charge in [0.1, 0.15) is 22.5 Å². The third kappa shape index (κ3) is 3.69. The zero-order valence-corrected chi connectivity index (χ0v) is 19.5. The molecule has 1 aromatic carbocycles. The minimum atomic E-state index is -1.25. The molecule has 0 saturated heterocycles. The van der Waals surface area contributed by atoms with Crippen molar-refractivity contribution in [3.05, 3.63) is 69.5 Å². The smallest absolute Gasteiger partial charge is 0.278 e. The first-order chi connectivity index (χ1) is 16.8. The number of anilines is 2. The number of halogens is 1. The normalized spacial score (nSPS) is 16.5. The molecule has 4 heterocycles. The molecule has 0 unspecified atom stereocenters. The Kier molecular flexibility index (Phi) is 4.97. The van der Waals surface area contributed by atoms with Gasteiger partial charge in [0.05, 0.1) is 0 Å². The van der Waals surface area contributed by atoms with Gasteiger partial charge in [0, 0.05) is 24.5 Å². The highest BCUT2D eigenvalue weighted by Crippen LogP contribution is 2.45. The van der Waals surface area contributed by atoms with E-state index < -0.39 is 11.4 Å². The molecule has 0 amide bonds. The lowest BCUT2D eigenvalue weighted by atomic mass is 10.0. The van der Waals surface area contributed by atoms with E-state index in [0.717, 1.165) is 25.2 Å². The second-order valence-corrected chi connectivity index (χ2v) is 9.55. The molecule has 0 radical (unpaired) electrons. The van der Waals surface area contributed by atoms with Crippen LogP contribution in [0.4, 0.5) is 16.0 Å². The zero-order chi connectivity index (χ0) is 24.3. The third-order valence-electron chi connectivity index (χ3n) is 6.67. The van der Waals surface area contributed by atoms with E-state index in [-0.39, 0.29) is 17.3 Å². The van der Waals surface area contributed by atoms with Crippen LogP contribution in [0, 0.1) is 5.82 Å². The Balaban J connectivity index is 1.47. The Morgan fingerprint density at radius 1 is 1.17 bits per heavy atom. The molecule has 4 aromatic rings. The summed E-state index contributed by atoms with van der Waals surface area (Å²) in [5.74, 6) is 0.0842. The lowest BCUT2D eigenvalue weighted by Gasteiger charge is -2.18. The van der Waals surface area contributed by atoms with Crippen LogP contribution in [0.1, 0.15) is 49.6 Å². The van der Waals surface area contributed by atoms with Crippen molar-refractivity contribution in [2.24, 2.45) is 0 Å². The fraction of sp³-hybridized carbons (Fsp3) is 0.360. The number of pyridine rings is 1. The summed E-state index contributed by atoms with van der Waals surface area (Å²) in [5.41, 5.74) is 2.25. The third-order valence-corrected chi connectivity index (χ3v) is 6.67. The van der Waals surface area contributed by atoms with E-state index in [1.165, 1.54) is 34.1 Å². The second-order valence-electron chi connectivity index (χ2n) is 9.55. The first-order valence-electron chi connectivity index (χ1n) is 11.8. The van der Waals surface area contributed by atoms with Crippen LogP contribution < -0.4 is 16.2 Å². The van der Waals surface area contributed by atoms with Crippen molar-refractivity contribution < 1.29 is 9.50 Å². The van der Waals surface area contributed by atoms with Gasteiger partial charge < -0.3 is 15.7 Å². The van der Waals surface area contributed by atoms with Crippen molar-refractivity contribution in [1.82, 2.24) is 29.6 Å². The maximum Gasteiger partial charge on any atom is 0.278 e. The van der Waals surface area contributed by atoms with Crippen LogP contribution in [0.5, 0.6) is 0 Å². The van der Waals surface area contributed by atoms with Crippen LogP contribution >= 0.6 is 0 Å². The molecule has 180 valence electrons. The maximum atomic E-state index is 14.5. The number of aromatic nitrogens is 5. The number of nitrogens with one attached hydrogen (secondary N) is 2. The first-order valence-corrected chi connectivity index (χ1v) is 11.8. The Bertz CT molecular complexity index is 1520. The minimum absolute atomic E-state index is 0.00411. The van der Waals surface area contributed by atoms with Crippen molar-refractivity contribution in [1.29, 1.82) is 0 Å². The largest absolute Gasteiger partial charge is 0.383 e. The second kappa shape index (κ2) is 7.96. The standard InChI is InChI=1S/C25H26FN7O2/c1-14(2)32-23(34)18-13-28-24(29-17-4-3-16-12-27-10-7-15(16)11-17)31-22(18)33(32)20-6-5-19(26)21(30-20)25(35)8-9-25/h3-6,11,13-14,27,35H,7-10,12H2,1-2H3,(H,28,29,31). The molecule has 3 N–H and O–H groups in total. The van der Waals surface area contributed by atoms with Gasteiger partial charge in [-0.25, -0.2) is 23.7 Å². The summed E-state index contributed by atoms with van der Waals surface area (Å²) in [7, 11) is 0. The molecule has 3 aromatic heterocycles. The number of rotatable bonds is 5. The fourth-order valence-corrected chi connectivity index (χ4v) is 4.66. The molecule has 1 aliphatic carbocycles. The Labute approximate surface area is 200 Å².